The van der Waals surface area contributed by atoms with Crippen molar-refractivity contribution in [2.45, 2.75) is 17.9 Å². The van der Waals surface area contributed by atoms with Gasteiger partial charge in [0.25, 0.3) is 10.0 Å². The van der Waals surface area contributed by atoms with Gasteiger partial charge in [-0.3, -0.25) is 4.72 Å². The number of fused-ring (bicyclic) bond motifs is 1. The molecule has 3 N–H and O–H groups in total. The molecule has 1 aromatic heterocycles. The first-order chi connectivity index (χ1) is 18.1. The highest BCUT2D eigenvalue weighted by Crippen LogP contribution is 2.32. The molecule has 0 aliphatic heterocycles. The van der Waals surface area contributed by atoms with Crippen molar-refractivity contribution in [3.05, 3.63) is 66.7 Å². The van der Waals surface area contributed by atoms with Gasteiger partial charge in [-0.1, -0.05) is 18.2 Å². The van der Waals surface area contributed by atoms with E-state index in [1.807, 2.05) is 0 Å². The number of carbonyl (C=O) groups is 1. The fourth-order valence-corrected chi connectivity index (χ4v) is 4.67. The molecule has 0 radical (unpaired) electrons. The molecule has 1 heterocycles. The second kappa shape index (κ2) is 10.8. The van der Waals surface area contributed by atoms with Gasteiger partial charge in [0.2, 0.25) is 0 Å². The number of para-hydroxylation sites is 2. The van der Waals surface area contributed by atoms with Gasteiger partial charge in [-0.2, -0.15) is 0 Å². The molecule has 0 aliphatic rings. The number of carboxylic acids is 1. The van der Waals surface area contributed by atoms with E-state index in [1.165, 1.54) is 38.2 Å². The van der Waals surface area contributed by atoms with Crippen molar-refractivity contribution in [1.29, 1.82) is 0 Å². The van der Waals surface area contributed by atoms with Crippen LogP contribution in [0.1, 0.15) is 6.92 Å². The van der Waals surface area contributed by atoms with Crippen molar-refractivity contribution in [2.24, 2.45) is 0 Å². The van der Waals surface area contributed by atoms with E-state index < -0.39 is 22.0 Å². The fraction of sp³-hybridized carbons (Fsp3) is 0.192. The second-order valence-electron chi connectivity index (χ2n) is 8.36. The molecule has 0 unspecified atom stereocenters. The minimum Gasteiger partial charge on any atom is -0.497 e. The van der Waals surface area contributed by atoms with Gasteiger partial charge < -0.3 is 24.8 Å². The molecule has 198 valence electrons. The van der Waals surface area contributed by atoms with E-state index in [9.17, 15) is 18.3 Å². The van der Waals surface area contributed by atoms with E-state index in [0.717, 1.165) is 0 Å². The van der Waals surface area contributed by atoms with Crippen molar-refractivity contribution in [1.82, 2.24) is 9.97 Å². The summed E-state index contributed by atoms with van der Waals surface area (Å²) in [5.74, 6) is 0.159. The van der Waals surface area contributed by atoms with Crippen LogP contribution in [0.3, 0.4) is 0 Å². The number of ether oxygens (including phenoxy) is 2. The monoisotopic (exact) mass is 537 g/mol. The molecule has 3 aromatic carbocycles. The van der Waals surface area contributed by atoms with Crippen LogP contribution in [0.5, 0.6) is 11.5 Å². The Labute approximate surface area is 220 Å². The number of hydrogen-bond donors (Lipinski definition) is 3. The number of anilines is 4. The molecule has 11 nitrogen and oxygen atoms in total. The van der Waals surface area contributed by atoms with Crippen molar-refractivity contribution in [3.63, 3.8) is 0 Å². The molecule has 38 heavy (non-hydrogen) atoms. The topological polar surface area (TPSA) is 143 Å². The van der Waals surface area contributed by atoms with Crippen LogP contribution in [0.25, 0.3) is 11.0 Å². The first-order valence-corrected chi connectivity index (χ1v) is 12.9. The van der Waals surface area contributed by atoms with Crippen LogP contribution in [0, 0.1) is 0 Å². The van der Waals surface area contributed by atoms with E-state index in [4.69, 9.17) is 9.47 Å². The number of aliphatic carboxylic acids is 1. The van der Waals surface area contributed by atoms with Crippen molar-refractivity contribution < 1.29 is 27.8 Å². The molecule has 0 bridgehead atoms. The number of benzene rings is 3. The van der Waals surface area contributed by atoms with E-state index in [1.54, 1.807) is 61.6 Å². The van der Waals surface area contributed by atoms with Gasteiger partial charge in [0.15, 0.2) is 11.6 Å². The first-order valence-electron chi connectivity index (χ1n) is 11.5. The Morgan fingerprint density at radius 3 is 2.11 bits per heavy atom. The first kappa shape index (κ1) is 26.5. The molecule has 12 heteroatoms. The summed E-state index contributed by atoms with van der Waals surface area (Å²) in [4.78, 5) is 21.9. The Morgan fingerprint density at radius 1 is 0.921 bits per heavy atom. The third-order valence-electron chi connectivity index (χ3n) is 5.89. The zero-order valence-corrected chi connectivity index (χ0v) is 22.0. The number of hydrogen-bond acceptors (Lipinski definition) is 9. The molecule has 4 rings (SSSR count). The summed E-state index contributed by atoms with van der Waals surface area (Å²) in [6.45, 7) is 1.51. The summed E-state index contributed by atoms with van der Waals surface area (Å²) < 4.78 is 40.1. The molecular weight excluding hydrogens is 510 g/mol. The summed E-state index contributed by atoms with van der Waals surface area (Å²) in [6.07, 6.45) is 0. The lowest BCUT2D eigenvalue weighted by atomic mass is 10.2. The lowest BCUT2D eigenvalue weighted by molar-refractivity contribution is -0.138. The Kier molecular flexibility index (Phi) is 7.53. The maximum absolute atomic E-state index is 13.4. The summed E-state index contributed by atoms with van der Waals surface area (Å²) in [5, 5.41) is 12.4. The summed E-state index contributed by atoms with van der Waals surface area (Å²) in [6, 6.07) is 17.3. The van der Waals surface area contributed by atoms with Crippen LogP contribution in [0.4, 0.5) is 23.0 Å². The van der Waals surface area contributed by atoms with Gasteiger partial charge >= 0.3 is 5.97 Å². The SMILES string of the molecule is COc1cc(Nc2nc3ccccc3nc2NS(=O)(=O)c2cccc(N(C)[C@H](C)C(=O)O)c2)cc(OC)c1. The van der Waals surface area contributed by atoms with Crippen LogP contribution in [-0.4, -0.2) is 56.8 Å². The highest BCUT2D eigenvalue weighted by molar-refractivity contribution is 7.92. The van der Waals surface area contributed by atoms with Crippen LogP contribution in [0.2, 0.25) is 0 Å². The predicted molar refractivity (Wildman–Crippen MR) is 145 cm³/mol. The van der Waals surface area contributed by atoms with Crippen LogP contribution in [0.15, 0.2) is 71.6 Å². The summed E-state index contributed by atoms with van der Waals surface area (Å²) in [5.41, 5.74) is 2.01. The molecule has 0 amide bonds. The number of aromatic nitrogens is 2. The van der Waals surface area contributed by atoms with Crippen LogP contribution in [-0.2, 0) is 14.8 Å². The van der Waals surface area contributed by atoms with Crippen LogP contribution < -0.4 is 24.4 Å². The number of sulfonamides is 1. The predicted octanol–water partition coefficient (Wildman–Crippen LogP) is 4.10. The third kappa shape index (κ3) is 5.70. The minimum absolute atomic E-state index is 0.0249. The molecule has 0 saturated carbocycles. The Morgan fingerprint density at radius 2 is 1.53 bits per heavy atom. The zero-order chi connectivity index (χ0) is 27.4. The molecule has 1 atom stereocenters. The molecule has 0 fully saturated rings. The Hall–Kier alpha value is -4.58. The van der Waals surface area contributed by atoms with E-state index >= 15 is 0 Å². The highest BCUT2D eigenvalue weighted by Gasteiger charge is 2.22. The minimum atomic E-state index is -4.14. The summed E-state index contributed by atoms with van der Waals surface area (Å²) >= 11 is 0. The average Bonchev–Trinajstić information content (AvgIpc) is 2.92. The van der Waals surface area contributed by atoms with Crippen molar-refractivity contribution in [3.8, 4) is 11.5 Å². The van der Waals surface area contributed by atoms with Crippen LogP contribution >= 0.6 is 0 Å². The summed E-state index contributed by atoms with van der Waals surface area (Å²) in [7, 11) is 0.489. The fourth-order valence-electron chi connectivity index (χ4n) is 3.62. The lowest BCUT2D eigenvalue weighted by Crippen LogP contribution is -2.35. The molecule has 0 spiro atoms. The quantitative estimate of drug-likeness (QED) is 0.270. The van der Waals surface area contributed by atoms with Gasteiger partial charge in [0.05, 0.1) is 30.1 Å². The van der Waals surface area contributed by atoms with E-state index in [2.05, 4.69) is 20.0 Å². The Bertz CT molecular complexity index is 1570. The standard InChI is InChI=1S/C26H27N5O6S/c1-16(26(32)33)31(2)18-8-7-9-21(14-18)38(34,35)30-25-24(28-22-10-5-6-11-23(22)29-25)27-17-12-19(36-3)15-20(13-17)37-4/h5-16H,1-4H3,(H,27,28)(H,29,30)(H,32,33)/t16-/m1/s1. The van der Waals surface area contributed by atoms with E-state index in [0.29, 0.717) is 33.9 Å². The molecule has 4 aromatic rings. The molecule has 0 aliphatic carbocycles. The largest absolute Gasteiger partial charge is 0.497 e. The molecule has 0 saturated heterocycles. The van der Waals surface area contributed by atoms with Crippen molar-refractivity contribution in [2.75, 3.05) is 36.2 Å². The number of rotatable bonds is 10. The highest BCUT2D eigenvalue weighted by atomic mass is 32.2. The number of nitrogens with one attached hydrogen (secondary N) is 2. The number of nitrogens with zero attached hydrogens (tertiary/aromatic N) is 3. The maximum Gasteiger partial charge on any atom is 0.326 e. The van der Waals surface area contributed by atoms with Gasteiger partial charge in [0.1, 0.15) is 17.5 Å². The van der Waals surface area contributed by atoms with E-state index in [-0.39, 0.29) is 16.5 Å². The van der Waals surface area contributed by atoms with Gasteiger partial charge in [0, 0.05) is 36.6 Å². The number of methoxy groups -OCH3 is 2. The lowest BCUT2D eigenvalue weighted by Gasteiger charge is -2.24. The number of likely N-dealkylation sites (N-methyl/N-ethyl adjacent to an activating group) is 1. The zero-order valence-electron chi connectivity index (χ0n) is 21.2. The second-order valence-corrected chi connectivity index (χ2v) is 10.0. The third-order valence-corrected chi connectivity index (χ3v) is 7.23. The maximum atomic E-state index is 13.4. The Balaban J connectivity index is 1.74. The molecular formula is C26H27N5O6S. The number of carboxylic acid groups (broad SMARTS) is 1. The van der Waals surface area contributed by atoms with Gasteiger partial charge in [-0.05, 0) is 37.3 Å². The smallest absolute Gasteiger partial charge is 0.326 e. The average molecular weight is 538 g/mol. The normalized spacial score (nSPS) is 12.0. The van der Waals surface area contributed by atoms with Crippen molar-refractivity contribution >= 4 is 50.0 Å². The van der Waals surface area contributed by atoms with Gasteiger partial charge in [-0.25, -0.2) is 23.2 Å². The van der Waals surface area contributed by atoms with Gasteiger partial charge in [-0.15, -0.1) is 0 Å².